The molecule has 4 aromatic rings. The summed E-state index contributed by atoms with van der Waals surface area (Å²) in [5.41, 5.74) is 0.334. The minimum Gasteiger partial charge on any atom is -0.326 e. The van der Waals surface area contributed by atoms with E-state index in [-0.39, 0.29) is 41.4 Å². The normalized spacial score (nSPS) is 12.5. The van der Waals surface area contributed by atoms with Gasteiger partial charge in [-0.2, -0.15) is 5.26 Å². The first-order chi connectivity index (χ1) is 20.3. The third kappa shape index (κ3) is 6.88. The average molecular weight is 657 g/mol. The van der Waals surface area contributed by atoms with Crippen molar-refractivity contribution in [2.75, 3.05) is 24.7 Å². The first-order valence-corrected chi connectivity index (χ1v) is 15.4. The van der Waals surface area contributed by atoms with Crippen molar-refractivity contribution in [1.82, 2.24) is 8.87 Å². The number of anilines is 2. The first kappa shape index (κ1) is 31.7. The molecule has 0 unspecified atom stereocenters. The molecule has 2 amide bonds. The van der Waals surface area contributed by atoms with Crippen molar-refractivity contribution in [1.29, 1.82) is 5.26 Å². The number of carbonyl (C=O) groups is 2. The molecule has 14 heteroatoms. The molecule has 0 saturated carbocycles. The van der Waals surface area contributed by atoms with Gasteiger partial charge >= 0.3 is 0 Å². The van der Waals surface area contributed by atoms with Crippen LogP contribution in [0.1, 0.15) is 12.5 Å². The maximum absolute atomic E-state index is 13.8. The Morgan fingerprint density at radius 3 is 2.21 bits per heavy atom. The van der Waals surface area contributed by atoms with Crippen LogP contribution in [0.4, 0.5) is 11.4 Å². The zero-order chi connectivity index (χ0) is 31.5. The van der Waals surface area contributed by atoms with Crippen molar-refractivity contribution in [3.8, 4) is 11.8 Å². The number of nitrogens with zero attached hydrogens (tertiary/aromatic N) is 3. The zero-order valence-corrected chi connectivity index (χ0v) is 26.0. The van der Waals surface area contributed by atoms with Gasteiger partial charge < -0.3 is 10.6 Å². The number of hydrogen-bond acceptors (Lipinski definition) is 7. The lowest BCUT2D eigenvalue weighted by Crippen LogP contribution is -2.32. The van der Waals surface area contributed by atoms with E-state index < -0.39 is 27.1 Å². The minimum atomic E-state index is -3.88. The van der Waals surface area contributed by atoms with E-state index in [4.69, 9.17) is 23.2 Å². The number of para-hydroxylation sites is 1. The van der Waals surface area contributed by atoms with E-state index in [2.05, 4.69) is 10.6 Å². The third-order valence-corrected chi connectivity index (χ3v) is 9.49. The van der Waals surface area contributed by atoms with Crippen molar-refractivity contribution >= 4 is 79.4 Å². The van der Waals surface area contributed by atoms with E-state index in [0.29, 0.717) is 11.3 Å². The van der Waals surface area contributed by atoms with E-state index in [1.54, 1.807) is 36.4 Å². The van der Waals surface area contributed by atoms with Crippen LogP contribution in [0.2, 0.25) is 10.0 Å². The summed E-state index contributed by atoms with van der Waals surface area (Å²) in [4.78, 5) is 38.5. The van der Waals surface area contributed by atoms with Gasteiger partial charge in [-0.1, -0.05) is 47.5 Å². The number of benzene rings is 3. The number of aromatic nitrogens is 1. The summed E-state index contributed by atoms with van der Waals surface area (Å²) in [5, 5.41) is 15.6. The Balaban J connectivity index is 1.99. The number of rotatable bonds is 7. The molecule has 0 aliphatic carbocycles. The summed E-state index contributed by atoms with van der Waals surface area (Å²) in [5.74, 6) is -1.12. The first-order valence-electron chi connectivity index (χ1n) is 12.4. The predicted molar refractivity (Wildman–Crippen MR) is 168 cm³/mol. The van der Waals surface area contributed by atoms with Crippen molar-refractivity contribution in [3.05, 3.63) is 102 Å². The standard InChI is InChI=1S/C29H23Cl2N5O5S2/c1-17(37)33-19-12-10-18(11-13-19)14-25-28(39)36(20-6-4-7-21(15-20)43(40,41)35(2)3)29(42-25)22(16-32)27(38)34-26-23(30)8-5-9-24(26)31/h4-15H,1-3H3,(H,33,37)(H,34,38)/b25-14-,29-22-. The highest BCUT2D eigenvalue weighted by Crippen LogP contribution is 2.30. The molecule has 220 valence electrons. The van der Waals surface area contributed by atoms with Crippen LogP contribution in [0, 0.1) is 11.3 Å². The summed E-state index contributed by atoms with van der Waals surface area (Å²) < 4.78 is 28.0. The Hall–Kier alpha value is -4.25. The predicted octanol–water partition coefficient (Wildman–Crippen LogP) is 3.56. The highest BCUT2D eigenvalue weighted by Gasteiger charge is 2.22. The minimum absolute atomic E-state index is 0.0475. The van der Waals surface area contributed by atoms with Gasteiger partial charge in [-0.05, 0) is 54.1 Å². The van der Waals surface area contributed by atoms with Gasteiger partial charge in [0.15, 0.2) is 5.57 Å². The van der Waals surface area contributed by atoms with E-state index in [0.717, 1.165) is 20.2 Å². The fourth-order valence-electron chi connectivity index (χ4n) is 3.88. The number of carbonyl (C=O) groups excluding carboxylic acids is 2. The van der Waals surface area contributed by atoms with Gasteiger partial charge in [0.25, 0.3) is 11.5 Å². The Morgan fingerprint density at radius 2 is 1.63 bits per heavy atom. The molecule has 43 heavy (non-hydrogen) atoms. The van der Waals surface area contributed by atoms with Gasteiger partial charge in [0.05, 0.1) is 30.8 Å². The molecule has 0 atom stereocenters. The zero-order valence-electron chi connectivity index (χ0n) is 22.9. The number of hydrogen-bond donors (Lipinski definition) is 2. The number of halogens is 2. The van der Waals surface area contributed by atoms with Crippen LogP contribution in [-0.4, -0.2) is 43.2 Å². The lowest BCUT2D eigenvalue weighted by Gasteiger charge is -2.13. The number of nitriles is 1. The van der Waals surface area contributed by atoms with Gasteiger partial charge in [0.2, 0.25) is 15.9 Å². The van der Waals surface area contributed by atoms with Crippen LogP contribution >= 0.6 is 34.5 Å². The molecule has 1 heterocycles. The van der Waals surface area contributed by atoms with E-state index in [1.165, 1.54) is 57.4 Å². The fourth-order valence-corrected chi connectivity index (χ4v) is 6.42. The molecule has 0 bridgehead atoms. The molecule has 2 N–H and O–H groups in total. The van der Waals surface area contributed by atoms with E-state index in [1.807, 2.05) is 6.07 Å². The highest BCUT2D eigenvalue weighted by atomic mass is 35.5. The molecule has 0 aliphatic heterocycles. The van der Waals surface area contributed by atoms with Gasteiger partial charge in [-0.15, -0.1) is 11.3 Å². The highest BCUT2D eigenvalue weighted by molar-refractivity contribution is 7.89. The summed E-state index contributed by atoms with van der Waals surface area (Å²) in [6.07, 6.45) is 1.56. The van der Waals surface area contributed by atoms with Gasteiger partial charge in [-0.3, -0.25) is 19.0 Å². The smallest absolute Gasteiger partial charge is 0.273 e. The molecule has 1 aromatic heterocycles. The lowest BCUT2D eigenvalue weighted by molar-refractivity contribution is -0.114. The van der Waals surface area contributed by atoms with Crippen molar-refractivity contribution in [2.45, 2.75) is 11.8 Å². The molecule has 0 saturated heterocycles. The summed E-state index contributed by atoms with van der Waals surface area (Å²) in [6, 6.07) is 18.8. The summed E-state index contributed by atoms with van der Waals surface area (Å²) >= 11 is 13.3. The van der Waals surface area contributed by atoms with Crippen LogP contribution in [0.5, 0.6) is 0 Å². The van der Waals surface area contributed by atoms with E-state index in [9.17, 15) is 28.1 Å². The Labute approximate surface area is 260 Å². The maximum Gasteiger partial charge on any atom is 0.273 e. The Morgan fingerprint density at radius 1 is 1.00 bits per heavy atom. The Kier molecular flexibility index (Phi) is 9.54. The number of nitrogens with one attached hydrogen (secondary N) is 2. The second-order valence-corrected chi connectivity index (χ2v) is 13.2. The molecule has 10 nitrogen and oxygen atoms in total. The summed E-state index contributed by atoms with van der Waals surface area (Å²) in [7, 11) is -1.13. The molecule has 0 fully saturated rings. The lowest BCUT2D eigenvalue weighted by atomic mass is 10.2. The van der Waals surface area contributed by atoms with Crippen LogP contribution in [0.25, 0.3) is 17.3 Å². The molecule has 0 spiro atoms. The molecule has 0 aliphatic rings. The van der Waals surface area contributed by atoms with Crippen molar-refractivity contribution in [2.24, 2.45) is 0 Å². The fraction of sp³-hybridized carbons (Fsp3) is 0.103. The van der Waals surface area contributed by atoms with Crippen molar-refractivity contribution < 1.29 is 18.0 Å². The monoisotopic (exact) mass is 655 g/mol. The van der Waals surface area contributed by atoms with Gasteiger partial charge in [0.1, 0.15) is 10.7 Å². The second kappa shape index (κ2) is 12.9. The average Bonchev–Trinajstić information content (AvgIpc) is 3.27. The molecule has 4 rings (SSSR count). The van der Waals surface area contributed by atoms with Crippen LogP contribution < -0.4 is 25.4 Å². The summed E-state index contributed by atoms with van der Waals surface area (Å²) in [6.45, 7) is 1.38. The topological polar surface area (TPSA) is 141 Å². The SMILES string of the molecule is CC(=O)Nc1ccc(/C=c2\s/c(=C(/C#N)C(=O)Nc3c(Cl)cccc3Cl)n(-c3cccc(S(=O)(=O)N(C)C)c3)c2=O)cc1. The van der Waals surface area contributed by atoms with Crippen LogP contribution in [0.3, 0.4) is 0 Å². The molecule has 0 radical (unpaired) electrons. The maximum atomic E-state index is 13.8. The number of thiazole rings is 1. The Bertz CT molecular complexity index is 2060. The largest absolute Gasteiger partial charge is 0.326 e. The molecular weight excluding hydrogens is 633 g/mol. The third-order valence-electron chi connectivity index (χ3n) is 5.96. The molecule has 3 aromatic carbocycles. The van der Waals surface area contributed by atoms with Gasteiger partial charge in [0, 0.05) is 26.7 Å². The quantitative estimate of drug-likeness (QED) is 0.312. The number of amides is 2. The van der Waals surface area contributed by atoms with Crippen molar-refractivity contribution in [3.63, 3.8) is 0 Å². The van der Waals surface area contributed by atoms with E-state index >= 15 is 0 Å². The number of sulfonamides is 1. The van der Waals surface area contributed by atoms with Crippen LogP contribution in [0.15, 0.2) is 76.4 Å². The van der Waals surface area contributed by atoms with Gasteiger partial charge in [-0.25, -0.2) is 12.7 Å². The second-order valence-electron chi connectivity index (χ2n) is 9.18. The molecular formula is C29H23Cl2N5O5S2. The van der Waals surface area contributed by atoms with Crippen LogP contribution in [-0.2, 0) is 19.6 Å².